The highest BCUT2D eigenvalue weighted by Gasteiger charge is 2.73. The minimum absolute atomic E-state index is 0.191. The Hall–Kier alpha value is -2.05. The summed E-state index contributed by atoms with van der Waals surface area (Å²) in [5.41, 5.74) is -2.17. The van der Waals surface area contributed by atoms with E-state index in [9.17, 15) is 26.0 Å². The van der Waals surface area contributed by atoms with E-state index in [1.54, 1.807) is 0 Å². The number of hydrogen-bond donors (Lipinski definition) is 1. The highest BCUT2D eigenvalue weighted by molar-refractivity contribution is 7.86. The monoisotopic (exact) mass is 448 g/mol. The fraction of sp³-hybridized carbons (Fsp3) is 0.556. The lowest BCUT2D eigenvalue weighted by Gasteiger charge is -2.32. The first-order valence-corrected chi connectivity index (χ1v) is 10.8. The van der Waals surface area contributed by atoms with Crippen LogP contribution < -0.4 is 5.14 Å². The average Bonchev–Trinajstić information content (AvgIpc) is 2.95. The van der Waals surface area contributed by atoms with E-state index in [1.165, 1.54) is 4.31 Å². The van der Waals surface area contributed by atoms with Crippen molar-refractivity contribution < 1.29 is 30.5 Å². The van der Waals surface area contributed by atoms with E-state index in [2.05, 4.69) is 10.1 Å². The fourth-order valence-electron chi connectivity index (χ4n) is 4.97. The van der Waals surface area contributed by atoms with Gasteiger partial charge in [-0.1, -0.05) is 19.0 Å². The molecule has 0 radical (unpaired) electrons. The molecule has 1 aliphatic heterocycles. The Morgan fingerprint density at radius 2 is 1.87 bits per heavy atom. The van der Waals surface area contributed by atoms with Crippen molar-refractivity contribution in [3.8, 4) is 11.4 Å². The van der Waals surface area contributed by atoms with E-state index < -0.39 is 27.8 Å². The number of benzene rings is 1. The predicted octanol–water partition coefficient (Wildman–Crippen LogP) is 3.30. The molecule has 4 rings (SSSR count). The van der Waals surface area contributed by atoms with Crippen LogP contribution in [0.2, 0.25) is 0 Å². The second kappa shape index (κ2) is 6.47. The Bertz CT molecular complexity index is 1090. The molecule has 2 N–H and O–H groups in total. The maximum Gasteiger partial charge on any atom is 0.417 e. The van der Waals surface area contributed by atoms with Gasteiger partial charge in [0, 0.05) is 18.7 Å². The number of nitrogens with two attached hydrogens (primary N) is 1. The molecule has 1 aliphatic carbocycles. The summed E-state index contributed by atoms with van der Waals surface area (Å²) in [5.74, 6) is -1.32. The summed E-state index contributed by atoms with van der Waals surface area (Å²) in [4.78, 5) is 4.20. The van der Waals surface area contributed by atoms with Crippen molar-refractivity contribution in [2.45, 2.75) is 38.8 Å². The summed E-state index contributed by atoms with van der Waals surface area (Å²) < 4.78 is 83.0. The first kappa shape index (κ1) is 21.2. The third-order valence-corrected chi connectivity index (χ3v) is 7.75. The van der Waals surface area contributed by atoms with Crippen LogP contribution in [-0.4, -0.2) is 36.0 Å². The molecule has 12 heteroatoms. The molecule has 0 amide bonds. The summed E-state index contributed by atoms with van der Waals surface area (Å²) >= 11 is 0. The lowest BCUT2D eigenvalue weighted by Crippen LogP contribution is -2.43. The molecule has 2 fully saturated rings. The van der Waals surface area contributed by atoms with Crippen LogP contribution in [0, 0.1) is 16.6 Å². The van der Waals surface area contributed by atoms with Crippen molar-refractivity contribution in [2.24, 2.45) is 16.0 Å². The molecule has 0 bridgehead atoms. The second-order valence-corrected chi connectivity index (χ2v) is 9.95. The molecule has 1 aromatic heterocycles. The Morgan fingerprint density at radius 3 is 2.43 bits per heavy atom. The summed E-state index contributed by atoms with van der Waals surface area (Å²) in [6.45, 7) is 4.45. The number of hydrogen-bond acceptors (Lipinski definition) is 5. The third kappa shape index (κ3) is 3.21. The zero-order valence-electron chi connectivity index (χ0n) is 16.2. The maximum absolute atomic E-state index is 13.4. The van der Waals surface area contributed by atoms with Crippen molar-refractivity contribution in [1.82, 2.24) is 14.4 Å². The number of aromatic nitrogens is 2. The zero-order chi connectivity index (χ0) is 22.1. The number of alkyl halides is 3. The van der Waals surface area contributed by atoms with Gasteiger partial charge >= 0.3 is 6.18 Å². The van der Waals surface area contributed by atoms with Crippen LogP contribution in [0.3, 0.4) is 0 Å². The summed E-state index contributed by atoms with van der Waals surface area (Å²) in [6.07, 6.45) is -3.74. The first-order chi connectivity index (χ1) is 13.8. The van der Waals surface area contributed by atoms with Gasteiger partial charge in [-0.3, -0.25) is 0 Å². The Morgan fingerprint density at radius 1 is 1.23 bits per heavy atom. The molecule has 1 saturated heterocycles. The van der Waals surface area contributed by atoms with Crippen LogP contribution in [0.25, 0.3) is 11.4 Å². The molecule has 1 saturated carbocycles. The van der Waals surface area contributed by atoms with Gasteiger partial charge in [0.25, 0.3) is 10.2 Å². The largest absolute Gasteiger partial charge is 0.417 e. The van der Waals surface area contributed by atoms with Crippen molar-refractivity contribution in [1.29, 1.82) is 0 Å². The number of halogens is 4. The third-order valence-electron chi connectivity index (χ3n) is 6.67. The van der Waals surface area contributed by atoms with E-state index in [0.717, 1.165) is 12.1 Å². The topological polar surface area (TPSA) is 102 Å². The van der Waals surface area contributed by atoms with Crippen LogP contribution in [0.1, 0.15) is 44.1 Å². The molecular weight excluding hydrogens is 428 g/mol. The van der Waals surface area contributed by atoms with Crippen molar-refractivity contribution >= 4 is 10.2 Å². The SMILES string of the molecule is CC1(C)C(c2nc(-c3ccc(F)cc3C(F)(F)F)no2)C12CCN(S(N)(=O)=O)CC2. The van der Waals surface area contributed by atoms with Gasteiger partial charge in [0.1, 0.15) is 5.82 Å². The van der Waals surface area contributed by atoms with E-state index in [0.29, 0.717) is 18.9 Å². The van der Waals surface area contributed by atoms with E-state index in [4.69, 9.17) is 9.66 Å². The summed E-state index contributed by atoms with van der Waals surface area (Å²) in [6, 6.07) is 2.29. The minimum Gasteiger partial charge on any atom is -0.339 e. The fourth-order valence-corrected chi connectivity index (χ4v) is 5.66. The van der Waals surface area contributed by atoms with Crippen LogP contribution in [0.5, 0.6) is 0 Å². The number of piperidine rings is 1. The minimum atomic E-state index is -4.78. The van der Waals surface area contributed by atoms with Crippen molar-refractivity contribution in [3.05, 3.63) is 35.5 Å². The second-order valence-electron chi connectivity index (χ2n) is 8.40. The molecule has 2 aliphatic rings. The van der Waals surface area contributed by atoms with Crippen LogP contribution >= 0.6 is 0 Å². The van der Waals surface area contributed by atoms with Crippen molar-refractivity contribution in [2.75, 3.05) is 13.1 Å². The molecule has 1 aromatic carbocycles. The molecular formula is C18H20F4N4O3S. The predicted molar refractivity (Wildman–Crippen MR) is 97.6 cm³/mol. The highest BCUT2D eigenvalue weighted by atomic mass is 32.2. The zero-order valence-corrected chi connectivity index (χ0v) is 17.0. The Labute approximate surface area is 170 Å². The van der Waals surface area contributed by atoms with Gasteiger partial charge in [-0.05, 0) is 41.9 Å². The van der Waals surface area contributed by atoms with Crippen LogP contribution in [0.15, 0.2) is 22.7 Å². The molecule has 1 spiro atoms. The Balaban J connectivity index is 1.63. The van der Waals surface area contributed by atoms with E-state index in [1.807, 2.05) is 13.8 Å². The molecule has 1 atom stereocenters. The lowest BCUT2D eigenvalue weighted by molar-refractivity contribution is -0.137. The molecule has 164 valence electrons. The van der Waals surface area contributed by atoms with E-state index in [-0.39, 0.29) is 47.1 Å². The summed E-state index contributed by atoms with van der Waals surface area (Å²) in [5, 5.41) is 8.91. The standard InChI is InChI=1S/C18H20F4N4O3S/c1-16(2)13(17(16)5-7-26(8-6-17)30(23,27)28)15-24-14(25-29-15)11-4-3-10(19)9-12(11)18(20,21)22/h3-4,9,13H,5-8H2,1-2H3,(H2,23,27,28). The van der Waals surface area contributed by atoms with Gasteiger partial charge in [0.05, 0.1) is 11.5 Å². The average molecular weight is 448 g/mol. The molecule has 1 unspecified atom stereocenters. The molecule has 30 heavy (non-hydrogen) atoms. The first-order valence-electron chi connectivity index (χ1n) is 9.26. The molecule has 2 heterocycles. The van der Waals surface area contributed by atoms with Crippen LogP contribution in [0.4, 0.5) is 17.6 Å². The highest BCUT2D eigenvalue weighted by Crippen LogP contribution is 2.77. The quantitative estimate of drug-likeness (QED) is 0.726. The van der Waals surface area contributed by atoms with Gasteiger partial charge in [-0.15, -0.1) is 0 Å². The van der Waals surface area contributed by atoms with E-state index >= 15 is 0 Å². The summed E-state index contributed by atoms with van der Waals surface area (Å²) in [7, 11) is -3.78. The number of rotatable bonds is 3. The number of nitrogens with zero attached hydrogens (tertiary/aromatic N) is 3. The lowest BCUT2D eigenvalue weighted by atomic mass is 9.86. The van der Waals surface area contributed by atoms with Crippen molar-refractivity contribution in [3.63, 3.8) is 0 Å². The van der Waals surface area contributed by atoms with Gasteiger partial charge < -0.3 is 4.52 Å². The molecule has 2 aromatic rings. The van der Waals surface area contributed by atoms with Gasteiger partial charge in [0.2, 0.25) is 11.7 Å². The molecule has 7 nitrogen and oxygen atoms in total. The normalized spacial score (nSPS) is 23.6. The van der Waals surface area contributed by atoms with Gasteiger partial charge in [-0.2, -0.15) is 30.9 Å². The Kier molecular flexibility index (Phi) is 4.57. The van der Waals surface area contributed by atoms with Crippen LogP contribution in [-0.2, 0) is 16.4 Å². The maximum atomic E-state index is 13.4. The van der Waals surface area contributed by atoms with Gasteiger partial charge in [-0.25, -0.2) is 9.53 Å². The van der Waals surface area contributed by atoms with Gasteiger partial charge in [0.15, 0.2) is 0 Å². The smallest absolute Gasteiger partial charge is 0.339 e.